The van der Waals surface area contributed by atoms with Crippen LogP contribution >= 0.6 is 24.8 Å². The Kier molecular flexibility index (Phi) is 13.8. The number of halogens is 2. The fourth-order valence-electron chi connectivity index (χ4n) is 3.97. The Balaban J connectivity index is 0.00000400. The number of hydrogen-bond donors (Lipinski definition) is 2. The molecule has 0 aromatic heterocycles. The van der Waals surface area contributed by atoms with E-state index in [-0.39, 0.29) is 66.4 Å². The van der Waals surface area contributed by atoms with Gasteiger partial charge in [-0.2, -0.15) is 12.7 Å². The molecule has 1 aliphatic rings. The van der Waals surface area contributed by atoms with Crippen molar-refractivity contribution in [3.05, 3.63) is 48.0 Å². The summed E-state index contributed by atoms with van der Waals surface area (Å²) in [4.78, 5) is 6.25. The molecule has 1 heterocycles. The van der Waals surface area contributed by atoms with Crippen LogP contribution in [0.5, 0.6) is 11.5 Å². The fourth-order valence-corrected chi connectivity index (χ4v) is 7.10. The van der Waals surface area contributed by atoms with Gasteiger partial charge in [0.25, 0.3) is 0 Å². The van der Waals surface area contributed by atoms with Crippen molar-refractivity contribution in [3.8, 4) is 11.5 Å². The number of ether oxygens (including phenoxy) is 1. The molecule has 0 saturated carbocycles. The first-order valence-corrected chi connectivity index (χ1v) is 14.9. The van der Waals surface area contributed by atoms with Crippen LogP contribution in [0.1, 0.15) is 24.8 Å². The Hall–Kier alpha value is -2.49. The zero-order valence-electron chi connectivity index (χ0n) is 22.6. The van der Waals surface area contributed by atoms with Crippen LogP contribution in [-0.4, -0.2) is 78.4 Å². The second-order valence-corrected chi connectivity index (χ2v) is 12.5. The highest BCUT2D eigenvalue weighted by molar-refractivity contribution is 7.91. The number of benzene rings is 2. The van der Waals surface area contributed by atoms with E-state index in [9.17, 15) is 16.8 Å². The van der Waals surface area contributed by atoms with Gasteiger partial charge in [-0.3, -0.25) is 0 Å². The molecular weight excluding hydrogens is 605 g/mol. The van der Waals surface area contributed by atoms with Gasteiger partial charge in [-0.05, 0) is 74.9 Å². The molecule has 2 aromatic carbocycles. The molecule has 0 spiro atoms. The molecule has 16 heteroatoms. The lowest BCUT2D eigenvalue weighted by molar-refractivity contribution is 0.126. The molecule has 1 aliphatic heterocycles. The molecule has 0 unspecified atom stereocenters. The molecule has 0 bridgehead atoms. The number of nitrogens with zero attached hydrogens (tertiary/aromatic N) is 3. The number of hydrogen-bond acceptors (Lipinski definition) is 9. The fraction of sp³-hybridized carbons (Fsp3) is 0.458. The van der Waals surface area contributed by atoms with Crippen LogP contribution in [0.3, 0.4) is 0 Å². The molecule has 1 saturated heterocycles. The molecule has 3 rings (SSSR count). The van der Waals surface area contributed by atoms with Crippen molar-refractivity contribution in [1.82, 2.24) is 9.21 Å². The van der Waals surface area contributed by atoms with Crippen LogP contribution in [0, 0.1) is 6.92 Å². The van der Waals surface area contributed by atoms with Gasteiger partial charge in [0, 0.05) is 19.5 Å². The molecule has 0 amide bonds. The van der Waals surface area contributed by atoms with Crippen molar-refractivity contribution in [2.45, 2.75) is 42.0 Å². The quantitative estimate of drug-likeness (QED) is 0.115. The predicted octanol–water partition coefficient (Wildman–Crippen LogP) is 2.29. The SMILES string of the molecule is Cc1ccc(OS(=O)(=O)c2ccccc2S(=O)(=O)N(C)C2CCN(C)CC2)c(OCCCON=C(N)N)c1.Cl.Cl. The predicted molar refractivity (Wildman–Crippen MR) is 157 cm³/mol. The zero-order chi connectivity index (χ0) is 27.9. The summed E-state index contributed by atoms with van der Waals surface area (Å²) in [5.74, 6) is -0.0962. The van der Waals surface area contributed by atoms with E-state index in [0.717, 1.165) is 18.7 Å². The first-order chi connectivity index (χ1) is 17.9. The summed E-state index contributed by atoms with van der Waals surface area (Å²) in [6.07, 6.45) is 1.71. The number of sulfonamides is 1. The molecular formula is C24H37Cl2N5O7S2. The summed E-state index contributed by atoms with van der Waals surface area (Å²) >= 11 is 0. The van der Waals surface area contributed by atoms with Gasteiger partial charge in [0.15, 0.2) is 11.5 Å². The van der Waals surface area contributed by atoms with Crippen LogP contribution in [-0.2, 0) is 25.0 Å². The summed E-state index contributed by atoms with van der Waals surface area (Å²) in [6.45, 7) is 3.66. The minimum atomic E-state index is -4.55. The Morgan fingerprint density at radius 3 is 2.25 bits per heavy atom. The maximum absolute atomic E-state index is 13.5. The topological polar surface area (TPSA) is 167 Å². The summed E-state index contributed by atoms with van der Waals surface area (Å²) in [6, 6.07) is 9.95. The molecule has 4 N–H and O–H groups in total. The third kappa shape index (κ3) is 9.28. The van der Waals surface area contributed by atoms with Gasteiger partial charge in [-0.1, -0.05) is 18.2 Å². The smallest absolute Gasteiger partial charge is 0.340 e. The summed E-state index contributed by atoms with van der Waals surface area (Å²) in [7, 11) is -5.21. The van der Waals surface area contributed by atoms with Gasteiger partial charge < -0.3 is 30.1 Å². The highest BCUT2D eigenvalue weighted by Crippen LogP contribution is 2.33. The minimum Gasteiger partial charge on any atom is -0.489 e. The van der Waals surface area contributed by atoms with Crippen LogP contribution < -0.4 is 20.4 Å². The number of aryl methyl sites for hydroxylation is 1. The lowest BCUT2D eigenvalue weighted by Gasteiger charge is -2.34. The second kappa shape index (κ2) is 15.5. The van der Waals surface area contributed by atoms with Crippen molar-refractivity contribution in [2.24, 2.45) is 16.6 Å². The third-order valence-corrected chi connectivity index (χ3v) is 9.48. The monoisotopic (exact) mass is 641 g/mol. The van der Waals surface area contributed by atoms with Crippen molar-refractivity contribution in [1.29, 1.82) is 0 Å². The summed E-state index contributed by atoms with van der Waals surface area (Å²) in [5, 5.41) is 3.41. The Labute approximate surface area is 248 Å². The van der Waals surface area contributed by atoms with Gasteiger partial charge in [-0.15, -0.1) is 24.8 Å². The Morgan fingerprint density at radius 1 is 1.00 bits per heavy atom. The summed E-state index contributed by atoms with van der Waals surface area (Å²) < 4.78 is 66.3. The number of likely N-dealkylation sites (tertiary alicyclic amines) is 1. The van der Waals surface area contributed by atoms with E-state index in [1.54, 1.807) is 12.1 Å². The third-order valence-electron chi connectivity index (χ3n) is 6.08. The standard InChI is InChI=1S/C24H35N5O7S2.2ClH/c1-18-9-10-20(21(17-18)34-15-6-16-35-27-24(25)26)36-38(32,33)23-8-5-4-7-22(23)37(30,31)29(3)19-11-13-28(2)14-12-19;;/h4-5,7-10,17,19H,6,11-16H2,1-3H3,(H4,25,26,27);2*1H. The lowest BCUT2D eigenvalue weighted by atomic mass is 10.1. The van der Waals surface area contributed by atoms with E-state index in [1.165, 1.54) is 41.7 Å². The largest absolute Gasteiger partial charge is 0.489 e. The maximum atomic E-state index is 13.5. The molecule has 0 atom stereocenters. The summed E-state index contributed by atoms with van der Waals surface area (Å²) in [5.41, 5.74) is 11.2. The van der Waals surface area contributed by atoms with Crippen molar-refractivity contribution in [2.75, 3.05) is 40.4 Å². The molecule has 0 aliphatic carbocycles. The van der Waals surface area contributed by atoms with Crippen LogP contribution in [0.2, 0.25) is 0 Å². The highest BCUT2D eigenvalue weighted by atomic mass is 35.5. The maximum Gasteiger partial charge on any atom is 0.340 e. The van der Waals surface area contributed by atoms with Gasteiger partial charge >= 0.3 is 10.1 Å². The van der Waals surface area contributed by atoms with Gasteiger partial charge in [0.2, 0.25) is 16.0 Å². The number of nitrogens with two attached hydrogens (primary N) is 2. The first-order valence-electron chi connectivity index (χ1n) is 12.1. The van der Waals surface area contributed by atoms with Gasteiger partial charge in [0.05, 0.1) is 6.61 Å². The van der Waals surface area contributed by atoms with E-state index in [4.69, 9.17) is 25.2 Å². The molecule has 226 valence electrons. The van der Waals surface area contributed by atoms with E-state index in [2.05, 4.69) is 10.1 Å². The first kappa shape index (κ1) is 35.5. The van der Waals surface area contributed by atoms with E-state index in [0.29, 0.717) is 19.3 Å². The van der Waals surface area contributed by atoms with Gasteiger partial charge in [-0.25, -0.2) is 8.42 Å². The Morgan fingerprint density at radius 2 is 1.62 bits per heavy atom. The average molecular weight is 643 g/mol. The molecule has 2 aromatic rings. The normalized spacial score (nSPS) is 14.5. The van der Waals surface area contributed by atoms with Gasteiger partial charge in [0.1, 0.15) is 16.4 Å². The van der Waals surface area contributed by atoms with E-state index >= 15 is 0 Å². The van der Waals surface area contributed by atoms with Crippen molar-refractivity contribution in [3.63, 3.8) is 0 Å². The lowest BCUT2D eigenvalue weighted by Crippen LogP contribution is -2.44. The van der Waals surface area contributed by atoms with Crippen molar-refractivity contribution >= 4 is 50.9 Å². The van der Waals surface area contributed by atoms with Crippen molar-refractivity contribution < 1.29 is 30.6 Å². The number of guanidine groups is 1. The number of rotatable bonds is 12. The van der Waals surface area contributed by atoms with Crippen LogP contribution in [0.25, 0.3) is 0 Å². The average Bonchev–Trinajstić information content (AvgIpc) is 2.87. The Bertz CT molecular complexity index is 1350. The number of piperidine rings is 1. The molecule has 40 heavy (non-hydrogen) atoms. The second-order valence-electron chi connectivity index (χ2n) is 9.04. The molecule has 0 radical (unpaired) electrons. The number of oxime groups is 1. The van der Waals surface area contributed by atoms with E-state index in [1.807, 2.05) is 14.0 Å². The minimum absolute atomic E-state index is 0. The highest BCUT2D eigenvalue weighted by Gasteiger charge is 2.35. The van der Waals surface area contributed by atoms with E-state index < -0.39 is 25.0 Å². The van der Waals surface area contributed by atoms with Crippen LogP contribution in [0.15, 0.2) is 57.4 Å². The zero-order valence-corrected chi connectivity index (χ0v) is 25.8. The molecule has 1 fully saturated rings. The van der Waals surface area contributed by atoms with Crippen LogP contribution in [0.4, 0.5) is 0 Å². The molecule has 12 nitrogen and oxygen atoms in total.